The lowest BCUT2D eigenvalue weighted by Crippen LogP contribution is -2.56. The highest BCUT2D eigenvalue weighted by molar-refractivity contribution is 7.14. The SMILES string of the molecule is COc1ccc2c(O[C@@H]3C[C@H]4C(=O)N[C@]5(C(=O)O)CC5/C=C\CCCCC[C@H](NC(=O)OC5CCCC5)C(=O)N4C3)cc(-c3csc(NC(=O)C(C)C)n3)nc2c1C. The number of fused-ring (bicyclic) bond motifs is 3. The number of hydrogen-bond acceptors (Lipinski definition) is 11. The lowest BCUT2D eigenvalue weighted by molar-refractivity contribution is -0.145. The van der Waals surface area contributed by atoms with E-state index in [0.29, 0.717) is 51.8 Å². The number of pyridine rings is 1. The fourth-order valence-corrected chi connectivity index (χ4v) is 8.90. The number of alkyl carbamates (subject to hydrolysis) is 1. The monoisotopic (exact) mass is 816 g/mol. The summed E-state index contributed by atoms with van der Waals surface area (Å²) in [4.78, 5) is 78.0. The Labute approximate surface area is 341 Å². The second-order valence-electron chi connectivity index (χ2n) is 16.1. The summed E-state index contributed by atoms with van der Waals surface area (Å²) in [5.41, 5.74) is 0.864. The van der Waals surface area contributed by atoms with Crippen molar-refractivity contribution in [1.29, 1.82) is 0 Å². The largest absolute Gasteiger partial charge is 0.496 e. The summed E-state index contributed by atoms with van der Waals surface area (Å²) in [6.45, 7) is 5.47. The number of thiazole rings is 1. The molecule has 1 saturated heterocycles. The highest BCUT2D eigenvalue weighted by atomic mass is 32.1. The normalized spacial score (nSPS) is 25.8. The summed E-state index contributed by atoms with van der Waals surface area (Å²) in [5, 5.41) is 21.6. The molecular formula is C42H52N6O9S. The number of carboxylic acids is 1. The second kappa shape index (κ2) is 17.3. The third-order valence-corrected chi connectivity index (χ3v) is 12.4. The second-order valence-corrected chi connectivity index (χ2v) is 17.0. The minimum Gasteiger partial charge on any atom is -0.496 e. The van der Waals surface area contributed by atoms with Gasteiger partial charge in [0.15, 0.2) is 5.13 Å². The number of carbonyl (C=O) groups excluding carboxylic acids is 4. The van der Waals surface area contributed by atoms with E-state index < -0.39 is 47.6 Å². The van der Waals surface area contributed by atoms with E-state index in [1.807, 2.05) is 31.2 Å². The number of carboxylic acid groups (broad SMARTS) is 1. The molecular weight excluding hydrogens is 765 g/mol. The summed E-state index contributed by atoms with van der Waals surface area (Å²) >= 11 is 1.27. The Balaban J connectivity index is 1.21. The summed E-state index contributed by atoms with van der Waals surface area (Å²) < 4.78 is 18.0. The number of hydrogen-bond donors (Lipinski definition) is 4. The Hall–Kier alpha value is -5.25. The maximum atomic E-state index is 14.6. The van der Waals surface area contributed by atoms with Gasteiger partial charge in [-0.25, -0.2) is 19.6 Å². The molecule has 1 aromatic carbocycles. The number of rotatable bonds is 9. The van der Waals surface area contributed by atoms with E-state index in [0.717, 1.165) is 50.5 Å². The first kappa shape index (κ1) is 40.9. The zero-order chi connectivity index (χ0) is 41.1. The van der Waals surface area contributed by atoms with Crippen LogP contribution in [0, 0.1) is 18.8 Å². The highest BCUT2D eigenvalue weighted by Crippen LogP contribution is 2.46. The molecule has 1 unspecified atom stereocenters. The van der Waals surface area contributed by atoms with Crippen molar-refractivity contribution in [3.05, 3.63) is 41.3 Å². The van der Waals surface area contributed by atoms with Crippen molar-refractivity contribution in [2.45, 2.75) is 121 Å². The number of nitrogens with one attached hydrogen (secondary N) is 3. The fraction of sp³-hybridized carbons (Fsp3) is 0.548. The Morgan fingerprint density at radius 2 is 1.79 bits per heavy atom. The van der Waals surface area contributed by atoms with E-state index in [9.17, 15) is 29.1 Å². The van der Waals surface area contributed by atoms with Gasteiger partial charge in [-0.2, -0.15) is 0 Å². The molecule has 4 amide bonds. The summed E-state index contributed by atoms with van der Waals surface area (Å²) in [7, 11) is 1.58. The third kappa shape index (κ3) is 8.76. The lowest BCUT2D eigenvalue weighted by atomic mass is 10.0. The molecule has 2 aliphatic heterocycles. The Morgan fingerprint density at radius 3 is 2.53 bits per heavy atom. The molecule has 3 aromatic rings. The van der Waals surface area contributed by atoms with E-state index in [1.54, 1.807) is 32.4 Å². The number of nitrogens with zero attached hydrogens (tertiary/aromatic N) is 3. The zero-order valence-corrected chi connectivity index (χ0v) is 34.2. The van der Waals surface area contributed by atoms with E-state index in [-0.39, 0.29) is 43.2 Å². The molecule has 2 aromatic heterocycles. The topological polar surface area (TPSA) is 198 Å². The third-order valence-electron chi connectivity index (χ3n) is 11.7. The number of benzene rings is 1. The van der Waals surface area contributed by atoms with Gasteiger partial charge in [-0.3, -0.25) is 14.4 Å². The van der Waals surface area contributed by atoms with E-state index in [1.165, 1.54) is 16.2 Å². The predicted molar refractivity (Wildman–Crippen MR) is 217 cm³/mol. The summed E-state index contributed by atoms with van der Waals surface area (Å²) in [5.74, 6) is -1.91. The molecule has 4 N–H and O–H groups in total. The van der Waals surface area contributed by atoms with Crippen molar-refractivity contribution in [2.75, 3.05) is 19.0 Å². The molecule has 7 rings (SSSR count). The van der Waals surface area contributed by atoms with E-state index >= 15 is 0 Å². The van der Waals surface area contributed by atoms with Crippen LogP contribution in [0.15, 0.2) is 35.7 Å². The van der Waals surface area contributed by atoms with Gasteiger partial charge in [0.25, 0.3) is 0 Å². The molecule has 310 valence electrons. The van der Waals surface area contributed by atoms with Gasteiger partial charge < -0.3 is 40.2 Å². The highest BCUT2D eigenvalue weighted by Gasteiger charge is 2.61. The molecule has 0 bridgehead atoms. The summed E-state index contributed by atoms with van der Waals surface area (Å²) in [6, 6.07) is 3.35. The van der Waals surface area contributed by atoms with Crippen molar-refractivity contribution < 1.29 is 43.3 Å². The Bertz CT molecular complexity index is 2100. The maximum absolute atomic E-state index is 14.6. The minimum absolute atomic E-state index is 0.00740. The number of amides is 4. The first-order valence-electron chi connectivity index (χ1n) is 20.3. The molecule has 0 spiro atoms. The molecule has 16 heteroatoms. The molecule has 3 fully saturated rings. The molecule has 58 heavy (non-hydrogen) atoms. The summed E-state index contributed by atoms with van der Waals surface area (Å²) in [6.07, 6.45) is 9.39. The molecule has 4 heterocycles. The Kier molecular flexibility index (Phi) is 12.2. The van der Waals surface area contributed by atoms with Crippen LogP contribution in [-0.2, 0) is 23.9 Å². The van der Waals surface area contributed by atoms with E-state index in [4.69, 9.17) is 19.2 Å². The number of anilines is 1. The van der Waals surface area contributed by atoms with E-state index in [2.05, 4.69) is 20.9 Å². The van der Waals surface area contributed by atoms with Gasteiger partial charge in [0, 0.05) is 40.7 Å². The number of aryl methyl sites for hydroxylation is 1. The smallest absolute Gasteiger partial charge is 0.408 e. The molecule has 2 saturated carbocycles. The van der Waals surface area contributed by atoms with Crippen LogP contribution in [0.2, 0.25) is 0 Å². The number of methoxy groups -OCH3 is 1. The van der Waals surface area contributed by atoms with Gasteiger partial charge in [-0.1, -0.05) is 38.8 Å². The Morgan fingerprint density at radius 1 is 1.02 bits per heavy atom. The van der Waals surface area contributed by atoms with Crippen molar-refractivity contribution >= 4 is 57.2 Å². The van der Waals surface area contributed by atoms with Crippen LogP contribution < -0.4 is 25.4 Å². The van der Waals surface area contributed by atoms with Gasteiger partial charge in [0.05, 0.1) is 24.9 Å². The lowest BCUT2D eigenvalue weighted by Gasteiger charge is -2.29. The number of allylic oxidation sites excluding steroid dienone is 1. The number of aliphatic carboxylic acids is 1. The first-order valence-corrected chi connectivity index (χ1v) is 21.2. The first-order chi connectivity index (χ1) is 27.9. The maximum Gasteiger partial charge on any atom is 0.408 e. The van der Waals surface area contributed by atoms with Crippen LogP contribution in [-0.4, -0.2) is 93.2 Å². The van der Waals surface area contributed by atoms with Crippen molar-refractivity contribution in [2.24, 2.45) is 11.8 Å². The molecule has 2 aliphatic carbocycles. The van der Waals surface area contributed by atoms with Gasteiger partial charge in [0.2, 0.25) is 17.7 Å². The van der Waals surface area contributed by atoms with Gasteiger partial charge in [-0.15, -0.1) is 11.3 Å². The zero-order valence-electron chi connectivity index (χ0n) is 33.4. The van der Waals surface area contributed by atoms with Crippen LogP contribution in [0.4, 0.5) is 9.93 Å². The molecule has 4 aliphatic rings. The fourth-order valence-electron chi connectivity index (χ4n) is 8.19. The standard InChI is InChI=1S/C42H52N6O9S/c1-23(2)36(49)46-40-44-31(22-58-40)30-19-34(28-16-17-33(55-4)24(3)35(28)43-30)56-27-18-32-37(50)47-42(39(52)53)20-25(42)12-8-6-5-7-9-15-29(38(51)48(32)21-27)45-41(54)57-26-13-10-11-14-26/h8,12,16-17,19,22-23,25-27,29,32H,5-7,9-11,13-15,18,20-21H2,1-4H3,(H,45,54)(H,47,50)(H,52,53)(H,44,46,49)/b12-8-/t25?,27-,29+,32+,42-/m1/s1. The van der Waals surface area contributed by atoms with Crippen molar-refractivity contribution in [3.8, 4) is 22.9 Å². The number of carbonyl (C=O) groups is 5. The molecule has 5 atom stereocenters. The quantitative estimate of drug-likeness (QED) is 0.181. The minimum atomic E-state index is -1.47. The molecule has 15 nitrogen and oxygen atoms in total. The van der Waals surface area contributed by atoms with Crippen molar-refractivity contribution in [1.82, 2.24) is 25.5 Å². The van der Waals surface area contributed by atoms with Crippen molar-refractivity contribution in [3.63, 3.8) is 0 Å². The van der Waals surface area contributed by atoms with Crippen LogP contribution in [0.5, 0.6) is 11.5 Å². The van der Waals surface area contributed by atoms with Crippen LogP contribution >= 0.6 is 11.3 Å². The van der Waals surface area contributed by atoms with Crippen LogP contribution in [0.3, 0.4) is 0 Å². The van der Waals surface area contributed by atoms with Crippen LogP contribution in [0.1, 0.15) is 90.0 Å². The average Bonchev–Trinajstić information content (AvgIpc) is 3.62. The van der Waals surface area contributed by atoms with Gasteiger partial charge in [0.1, 0.15) is 47.0 Å². The average molecular weight is 817 g/mol. The number of aromatic nitrogens is 2. The van der Waals surface area contributed by atoms with Gasteiger partial charge in [-0.05, 0) is 70.4 Å². The number of ether oxygens (including phenoxy) is 3. The van der Waals surface area contributed by atoms with Gasteiger partial charge >= 0.3 is 12.1 Å². The predicted octanol–water partition coefficient (Wildman–Crippen LogP) is 6.14. The molecule has 0 radical (unpaired) electrons. The van der Waals surface area contributed by atoms with Crippen LogP contribution in [0.25, 0.3) is 22.3 Å².